The molecular weight excluding hydrogens is 166 g/mol. The van der Waals surface area contributed by atoms with Crippen molar-refractivity contribution in [1.82, 2.24) is 5.32 Å². The molecule has 0 aliphatic carbocycles. The van der Waals surface area contributed by atoms with Gasteiger partial charge >= 0.3 is 0 Å². The Balaban J connectivity index is 2.67. The van der Waals surface area contributed by atoms with Crippen LogP contribution in [0.1, 0.15) is 16.7 Å². The topological polar surface area (TPSA) is 12.0 Å². The van der Waals surface area contributed by atoms with Crippen molar-refractivity contribution < 1.29 is 0 Å². The highest BCUT2D eigenvalue weighted by molar-refractivity contribution is 7.12. The third kappa shape index (κ3) is 2.80. The predicted octanol–water partition coefficient (Wildman–Crippen LogP) is 2.68. The molecule has 0 atom stereocenters. The van der Waals surface area contributed by atoms with Gasteiger partial charge in [-0.25, -0.2) is 0 Å². The van der Waals surface area contributed by atoms with Crippen molar-refractivity contribution in [2.45, 2.75) is 13.8 Å². The van der Waals surface area contributed by atoms with E-state index >= 15 is 0 Å². The van der Waals surface area contributed by atoms with Crippen LogP contribution in [0.5, 0.6) is 0 Å². The smallest absolute Gasteiger partial charge is 0.0273 e. The molecule has 1 heterocycles. The van der Waals surface area contributed by atoms with E-state index in [1.54, 1.807) is 0 Å². The Hall–Kier alpha value is -0.600. The Labute approximate surface area is 78.1 Å². The molecule has 1 aromatic heterocycles. The van der Waals surface area contributed by atoms with Crippen molar-refractivity contribution >= 4 is 17.4 Å². The van der Waals surface area contributed by atoms with Gasteiger partial charge in [-0.3, -0.25) is 0 Å². The van der Waals surface area contributed by atoms with Gasteiger partial charge in [0.2, 0.25) is 0 Å². The highest BCUT2D eigenvalue weighted by Gasteiger charge is 1.93. The zero-order chi connectivity index (χ0) is 8.97. The molecule has 1 nitrogen and oxygen atoms in total. The summed E-state index contributed by atoms with van der Waals surface area (Å²) >= 11 is 1.84. The highest BCUT2D eigenvalue weighted by atomic mass is 32.1. The molecule has 0 radical (unpaired) electrons. The third-order valence-corrected chi connectivity index (χ3v) is 2.55. The molecule has 1 rings (SSSR count). The molecule has 1 N–H and O–H groups in total. The van der Waals surface area contributed by atoms with Crippen LogP contribution in [0.4, 0.5) is 0 Å². The first-order chi connectivity index (χ1) is 5.72. The monoisotopic (exact) mass is 181 g/mol. The molecule has 0 aromatic carbocycles. The zero-order valence-corrected chi connectivity index (χ0v) is 8.66. The highest BCUT2D eigenvalue weighted by Crippen LogP contribution is 2.17. The molecule has 0 fully saturated rings. The summed E-state index contributed by atoms with van der Waals surface area (Å²) in [6.07, 6.45) is 2.23. The average molecular weight is 181 g/mol. The van der Waals surface area contributed by atoms with Crippen LogP contribution in [0, 0.1) is 6.92 Å². The van der Waals surface area contributed by atoms with E-state index in [0.29, 0.717) is 0 Å². The van der Waals surface area contributed by atoms with Gasteiger partial charge in [0.25, 0.3) is 0 Å². The Morgan fingerprint density at radius 1 is 1.58 bits per heavy atom. The van der Waals surface area contributed by atoms with Gasteiger partial charge in [0.1, 0.15) is 0 Å². The maximum atomic E-state index is 3.13. The van der Waals surface area contributed by atoms with Gasteiger partial charge in [-0.15, -0.1) is 11.3 Å². The summed E-state index contributed by atoms with van der Waals surface area (Å²) in [7, 11) is 1.97. The van der Waals surface area contributed by atoms with Gasteiger partial charge in [0.05, 0.1) is 0 Å². The molecule has 0 saturated heterocycles. The molecule has 0 saturated carbocycles. The van der Waals surface area contributed by atoms with E-state index in [2.05, 4.69) is 37.4 Å². The normalized spacial score (nSPS) is 12.1. The van der Waals surface area contributed by atoms with E-state index in [1.807, 2.05) is 18.4 Å². The minimum absolute atomic E-state index is 0.969. The lowest BCUT2D eigenvalue weighted by molar-refractivity contribution is 0.885. The Kier molecular flexibility index (Phi) is 3.50. The van der Waals surface area contributed by atoms with Crippen LogP contribution in [0.2, 0.25) is 0 Å². The van der Waals surface area contributed by atoms with Crippen LogP contribution in [-0.2, 0) is 0 Å². The van der Waals surface area contributed by atoms with Crippen molar-refractivity contribution in [2.24, 2.45) is 0 Å². The minimum atomic E-state index is 0.969. The van der Waals surface area contributed by atoms with Crippen molar-refractivity contribution in [2.75, 3.05) is 13.6 Å². The second-order valence-electron chi connectivity index (χ2n) is 2.97. The van der Waals surface area contributed by atoms with E-state index in [1.165, 1.54) is 15.3 Å². The molecule has 0 unspecified atom stereocenters. The van der Waals surface area contributed by atoms with Crippen molar-refractivity contribution in [3.05, 3.63) is 27.5 Å². The van der Waals surface area contributed by atoms with Gasteiger partial charge < -0.3 is 5.32 Å². The van der Waals surface area contributed by atoms with Crippen molar-refractivity contribution in [3.63, 3.8) is 0 Å². The number of aryl methyl sites for hydroxylation is 1. The molecule has 0 bridgehead atoms. The van der Waals surface area contributed by atoms with Crippen LogP contribution < -0.4 is 5.32 Å². The molecule has 0 spiro atoms. The van der Waals surface area contributed by atoms with E-state index < -0.39 is 0 Å². The Morgan fingerprint density at radius 2 is 2.33 bits per heavy atom. The Bertz CT molecular complexity index is 273. The quantitative estimate of drug-likeness (QED) is 0.756. The van der Waals surface area contributed by atoms with Crippen molar-refractivity contribution in [3.8, 4) is 0 Å². The molecule has 0 aliphatic rings. The number of rotatable bonds is 3. The van der Waals surface area contributed by atoms with Crippen molar-refractivity contribution in [1.29, 1.82) is 0 Å². The molecule has 0 amide bonds. The van der Waals surface area contributed by atoms with Crippen LogP contribution in [-0.4, -0.2) is 13.6 Å². The summed E-state index contributed by atoms with van der Waals surface area (Å²) in [5.41, 5.74) is 1.37. The number of hydrogen-bond donors (Lipinski definition) is 1. The fourth-order valence-electron chi connectivity index (χ4n) is 1.10. The van der Waals surface area contributed by atoms with E-state index in [0.717, 1.165) is 6.54 Å². The molecule has 1 aromatic rings. The largest absolute Gasteiger partial charge is 0.316 e. The second kappa shape index (κ2) is 4.43. The summed E-state index contributed by atoms with van der Waals surface area (Å²) in [5.74, 6) is 0. The molecule has 2 heteroatoms. The number of hydrogen-bond acceptors (Lipinski definition) is 2. The van der Waals surface area contributed by atoms with Gasteiger partial charge in [-0.2, -0.15) is 0 Å². The average Bonchev–Trinajstić information content (AvgIpc) is 2.36. The lowest BCUT2D eigenvalue weighted by Crippen LogP contribution is -2.08. The lowest BCUT2D eigenvalue weighted by Gasteiger charge is -1.96. The van der Waals surface area contributed by atoms with Crippen LogP contribution in [0.3, 0.4) is 0 Å². The first-order valence-electron chi connectivity index (χ1n) is 4.10. The second-order valence-corrected chi connectivity index (χ2v) is 4.29. The molecule has 66 valence electrons. The van der Waals surface area contributed by atoms with Crippen LogP contribution in [0.25, 0.3) is 6.08 Å². The maximum absolute atomic E-state index is 3.13. The molecular formula is C10H15NS. The summed E-state index contributed by atoms with van der Waals surface area (Å²) in [5, 5.41) is 3.13. The standard InChI is InChI=1S/C10H15NS/c1-8(7-11-3)6-10-5-4-9(2)12-10/h4-6,11H,7H2,1-3H3/b8-6+. The fourth-order valence-corrected chi connectivity index (χ4v) is 2.01. The predicted molar refractivity (Wildman–Crippen MR) is 56.6 cm³/mol. The summed E-state index contributed by atoms with van der Waals surface area (Å²) in [4.78, 5) is 2.72. The number of nitrogens with one attached hydrogen (secondary N) is 1. The third-order valence-electron chi connectivity index (χ3n) is 1.61. The summed E-state index contributed by atoms with van der Waals surface area (Å²) < 4.78 is 0. The first-order valence-corrected chi connectivity index (χ1v) is 4.92. The van der Waals surface area contributed by atoms with Gasteiger partial charge in [0, 0.05) is 16.3 Å². The molecule has 12 heavy (non-hydrogen) atoms. The van der Waals surface area contributed by atoms with E-state index in [-0.39, 0.29) is 0 Å². The molecule has 0 aliphatic heterocycles. The minimum Gasteiger partial charge on any atom is -0.316 e. The summed E-state index contributed by atoms with van der Waals surface area (Å²) in [6.45, 7) is 5.25. The SMILES string of the molecule is CNC/C(C)=C/c1ccc(C)s1. The fraction of sp³-hybridized carbons (Fsp3) is 0.400. The van der Waals surface area contributed by atoms with Crippen LogP contribution in [0.15, 0.2) is 17.7 Å². The number of likely N-dealkylation sites (N-methyl/N-ethyl adjacent to an activating group) is 1. The maximum Gasteiger partial charge on any atom is 0.0273 e. The first kappa shape index (κ1) is 9.49. The zero-order valence-electron chi connectivity index (χ0n) is 7.85. The van der Waals surface area contributed by atoms with Gasteiger partial charge in [0.15, 0.2) is 0 Å². The lowest BCUT2D eigenvalue weighted by atomic mass is 10.2. The Morgan fingerprint density at radius 3 is 2.83 bits per heavy atom. The van der Waals surface area contributed by atoms with E-state index in [4.69, 9.17) is 0 Å². The van der Waals surface area contributed by atoms with E-state index in [9.17, 15) is 0 Å². The number of thiophene rings is 1. The van der Waals surface area contributed by atoms with Gasteiger partial charge in [-0.1, -0.05) is 5.57 Å². The van der Waals surface area contributed by atoms with Gasteiger partial charge in [-0.05, 0) is 39.1 Å². The van der Waals surface area contributed by atoms with Crippen LogP contribution >= 0.6 is 11.3 Å². The summed E-state index contributed by atoms with van der Waals surface area (Å²) in [6, 6.07) is 4.32.